The van der Waals surface area contributed by atoms with Gasteiger partial charge in [0.2, 0.25) is 59.1 Å². The van der Waals surface area contributed by atoms with E-state index >= 15 is 0 Å². The van der Waals surface area contributed by atoms with E-state index in [-0.39, 0.29) is 50.0 Å². The number of amides is 10. The summed E-state index contributed by atoms with van der Waals surface area (Å²) in [5.74, 6) is -13.2. The second-order valence-corrected chi connectivity index (χ2v) is 19.0. The van der Waals surface area contributed by atoms with E-state index in [1.165, 1.54) is 13.8 Å². The van der Waals surface area contributed by atoms with Crippen LogP contribution in [0.15, 0.2) is 4.99 Å². The number of aliphatic carboxylic acids is 2. The van der Waals surface area contributed by atoms with Gasteiger partial charge in [0.15, 0.2) is 5.96 Å². The van der Waals surface area contributed by atoms with Crippen molar-refractivity contribution in [2.45, 2.75) is 174 Å². The van der Waals surface area contributed by atoms with Crippen molar-refractivity contribution in [3.63, 3.8) is 0 Å². The van der Waals surface area contributed by atoms with Gasteiger partial charge in [0.25, 0.3) is 0 Å². The first-order valence-corrected chi connectivity index (χ1v) is 24.2. The summed E-state index contributed by atoms with van der Waals surface area (Å²) in [4.78, 5) is 160. The Bertz CT molecular complexity index is 2000. The van der Waals surface area contributed by atoms with E-state index < -0.39 is 170 Å². The quantitative estimate of drug-likeness (QED) is 0.0160. The minimum absolute atomic E-state index is 0.00152. The van der Waals surface area contributed by atoms with Crippen molar-refractivity contribution in [2.75, 3.05) is 13.1 Å². The second kappa shape index (κ2) is 33.5. The molecule has 74 heavy (non-hydrogen) atoms. The van der Waals surface area contributed by atoms with Crippen LogP contribution in [0.3, 0.4) is 0 Å². The molecule has 0 aliphatic heterocycles. The van der Waals surface area contributed by atoms with Crippen LogP contribution in [0.1, 0.15) is 114 Å². The van der Waals surface area contributed by atoms with Gasteiger partial charge in [-0.1, -0.05) is 41.5 Å². The summed E-state index contributed by atoms with van der Waals surface area (Å²) in [5.41, 5.74) is 21.6. The van der Waals surface area contributed by atoms with Crippen LogP contribution in [0.5, 0.6) is 0 Å². The number of aliphatic imine (C=N–C) groups is 1. The number of hydrogen-bond donors (Lipinski definition) is 16. The number of carbonyl (C=O) groups is 12. The summed E-state index contributed by atoms with van der Waals surface area (Å²) in [6.45, 7) is 13.3. The SMILES string of the molecule is CC(C)C[C@H](NC(=O)[C@H](C)NC(=O)[C@@H](NC(=O)[C@@H](NC(=O)CN)[C@@H](C)O)C(C)C)C(=O)N[C@@H](CCCN=C(N)N)C(=O)N[C@@H](CC(C)C)C(=O)N[C@@H](CCC(N)=O)C(=O)N[C@@H](CCC(=O)O)C(=O)N[C@@H](C)C(=O)O. The molecule has 0 unspecified atom stereocenters. The van der Waals surface area contributed by atoms with E-state index in [0.717, 1.165) is 6.92 Å². The molecule has 0 aromatic heterocycles. The topological polar surface area (TPSA) is 490 Å². The predicted octanol–water partition coefficient (Wildman–Crippen LogP) is -5.25. The summed E-state index contributed by atoms with van der Waals surface area (Å²) < 4.78 is 0. The zero-order valence-electron chi connectivity index (χ0n) is 43.6. The van der Waals surface area contributed by atoms with Crippen molar-refractivity contribution in [2.24, 2.45) is 45.7 Å². The van der Waals surface area contributed by atoms with Crippen LogP contribution in [-0.4, -0.2) is 166 Å². The number of carboxylic acid groups (broad SMARTS) is 2. The van der Waals surface area contributed by atoms with Crippen LogP contribution in [0, 0.1) is 17.8 Å². The molecule has 0 aromatic carbocycles. The number of nitrogens with one attached hydrogen (secondary N) is 9. The number of nitrogens with two attached hydrogens (primary N) is 4. The summed E-state index contributed by atoms with van der Waals surface area (Å²) in [5, 5.41) is 50.6. The van der Waals surface area contributed by atoms with E-state index in [4.69, 9.17) is 22.9 Å². The van der Waals surface area contributed by atoms with Crippen molar-refractivity contribution in [3.8, 4) is 0 Å². The normalized spacial score (nSPS) is 15.2. The van der Waals surface area contributed by atoms with Crippen LogP contribution >= 0.6 is 0 Å². The maximum absolute atomic E-state index is 14.2. The molecule has 0 saturated carbocycles. The Hall–Kier alpha value is -7.17. The third kappa shape index (κ3) is 26.5. The standard InChI is InChI=1S/C45H80N14O15/c1-20(2)17-29(56-36(65)23(7)51-42(71)34(22(5)6)59-43(72)35(25(9)60)58-32(62)19-46)40(69)53-26(11-10-16-50-45(48)49)38(67)57-30(18-21(3)4)41(70)55-27(12-14-31(47)61)39(68)54-28(13-15-33(63)64)37(66)52-24(8)44(73)74/h20-30,34-35,60H,10-19,46H2,1-9H3,(H2,47,61)(H,51,71)(H,52,66)(H,53,69)(H,54,68)(H,55,70)(H,56,65)(H,57,67)(H,58,62)(H,59,72)(H,63,64)(H,73,74)(H4,48,49,50)/t23-,24-,25+,26-,27-,28-,29-,30-,34-,35-/m0/s1. The van der Waals surface area contributed by atoms with E-state index in [9.17, 15) is 72.9 Å². The van der Waals surface area contributed by atoms with Crippen LogP contribution < -0.4 is 70.8 Å². The van der Waals surface area contributed by atoms with E-state index in [1.807, 2.05) is 0 Å². The minimum Gasteiger partial charge on any atom is -0.481 e. The fourth-order valence-corrected chi connectivity index (χ4v) is 6.82. The Kier molecular flexibility index (Phi) is 30.3. The molecule has 0 aliphatic rings. The Morgan fingerprint density at radius 2 is 0.878 bits per heavy atom. The average Bonchev–Trinajstić information content (AvgIpc) is 3.28. The zero-order chi connectivity index (χ0) is 57.2. The highest BCUT2D eigenvalue weighted by molar-refractivity contribution is 5.98. The fraction of sp³-hybridized carbons (Fsp3) is 0.711. The summed E-state index contributed by atoms with van der Waals surface area (Å²) in [6, 6.07) is -12.9. The summed E-state index contributed by atoms with van der Waals surface area (Å²) >= 11 is 0. The highest BCUT2D eigenvalue weighted by Gasteiger charge is 2.36. The molecule has 10 atom stereocenters. The summed E-state index contributed by atoms with van der Waals surface area (Å²) in [7, 11) is 0. The second-order valence-electron chi connectivity index (χ2n) is 19.0. The van der Waals surface area contributed by atoms with Crippen molar-refractivity contribution in [3.05, 3.63) is 0 Å². The minimum atomic E-state index is -1.62. The fourth-order valence-electron chi connectivity index (χ4n) is 6.82. The van der Waals surface area contributed by atoms with Gasteiger partial charge in [0, 0.05) is 19.4 Å². The number of rotatable bonds is 35. The third-order valence-electron chi connectivity index (χ3n) is 10.8. The smallest absolute Gasteiger partial charge is 0.325 e. The molecular weight excluding hydrogens is 977 g/mol. The molecule has 0 bridgehead atoms. The number of aliphatic hydroxyl groups excluding tert-OH is 1. The lowest BCUT2D eigenvalue weighted by molar-refractivity contribution is -0.142. The van der Waals surface area contributed by atoms with E-state index in [0.29, 0.717) is 0 Å². The Morgan fingerprint density at radius 3 is 1.28 bits per heavy atom. The largest absolute Gasteiger partial charge is 0.481 e. The van der Waals surface area contributed by atoms with Gasteiger partial charge in [-0.3, -0.25) is 62.5 Å². The van der Waals surface area contributed by atoms with Gasteiger partial charge in [-0.15, -0.1) is 0 Å². The Balaban J connectivity index is 6.71. The monoisotopic (exact) mass is 1060 g/mol. The lowest BCUT2D eigenvalue weighted by Gasteiger charge is -2.29. The first-order chi connectivity index (χ1) is 34.3. The number of nitrogens with zero attached hydrogens (tertiary/aromatic N) is 1. The van der Waals surface area contributed by atoms with Crippen LogP contribution in [-0.2, 0) is 57.5 Å². The molecular formula is C45H80N14O15. The summed E-state index contributed by atoms with van der Waals surface area (Å²) in [6.07, 6.45) is -3.48. The van der Waals surface area contributed by atoms with Gasteiger partial charge in [-0.2, -0.15) is 0 Å². The van der Waals surface area contributed by atoms with Crippen molar-refractivity contribution in [1.82, 2.24) is 47.9 Å². The maximum atomic E-state index is 14.2. The van der Waals surface area contributed by atoms with Crippen LogP contribution in [0.25, 0.3) is 0 Å². The third-order valence-corrected chi connectivity index (χ3v) is 10.8. The lowest BCUT2D eigenvalue weighted by Crippen LogP contribution is -2.61. The van der Waals surface area contributed by atoms with Gasteiger partial charge in [0.1, 0.15) is 54.4 Å². The van der Waals surface area contributed by atoms with Crippen LogP contribution in [0.4, 0.5) is 0 Å². The number of hydrogen-bond acceptors (Lipinski definition) is 15. The van der Waals surface area contributed by atoms with Gasteiger partial charge in [0.05, 0.1) is 12.6 Å². The molecule has 0 rings (SSSR count). The number of primary amides is 1. The molecule has 0 fully saturated rings. The van der Waals surface area contributed by atoms with Gasteiger partial charge in [-0.05, 0) is 77.0 Å². The predicted molar refractivity (Wildman–Crippen MR) is 266 cm³/mol. The van der Waals surface area contributed by atoms with E-state index in [2.05, 4.69) is 52.8 Å². The molecule has 29 heteroatoms. The molecule has 10 amide bonds. The van der Waals surface area contributed by atoms with Crippen molar-refractivity contribution < 1.29 is 72.9 Å². The molecule has 0 aromatic rings. The number of aliphatic hydroxyl groups is 1. The van der Waals surface area contributed by atoms with Gasteiger partial charge >= 0.3 is 11.9 Å². The van der Waals surface area contributed by atoms with Crippen molar-refractivity contribution >= 4 is 77.0 Å². The van der Waals surface area contributed by atoms with Gasteiger partial charge in [-0.25, -0.2) is 0 Å². The average molecular weight is 1060 g/mol. The lowest BCUT2D eigenvalue weighted by atomic mass is 10.00. The van der Waals surface area contributed by atoms with Gasteiger partial charge < -0.3 is 86.1 Å². The van der Waals surface area contributed by atoms with E-state index in [1.54, 1.807) is 41.5 Å². The molecule has 0 spiro atoms. The Morgan fingerprint density at radius 1 is 0.473 bits per heavy atom. The molecule has 0 radical (unpaired) electrons. The highest BCUT2D eigenvalue weighted by atomic mass is 16.4. The first kappa shape index (κ1) is 66.8. The first-order valence-electron chi connectivity index (χ1n) is 24.2. The Labute approximate surface area is 429 Å². The molecule has 29 nitrogen and oxygen atoms in total. The maximum Gasteiger partial charge on any atom is 0.325 e. The van der Waals surface area contributed by atoms with Crippen LogP contribution in [0.2, 0.25) is 0 Å². The highest BCUT2D eigenvalue weighted by Crippen LogP contribution is 2.12. The molecule has 420 valence electrons. The molecule has 0 aliphatic carbocycles. The number of carbonyl (C=O) groups excluding carboxylic acids is 10. The zero-order valence-corrected chi connectivity index (χ0v) is 43.6. The molecule has 0 heterocycles. The number of carboxylic acids is 2. The van der Waals surface area contributed by atoms with Crippen molar-refractivity contribution in [1.29, 1.82) is 0 Å². The molecule has 0 saturated heterocycles. The molecule has 20 N–H and O–H groups in total. The number of guanidine groups is 1.